The van der Waals surface area contributed by atoms with Crippen molar-refractivity contribution in [2.24, 2.45) is 0 Å². The standard InChI is InChI=1S/C19H20Cl2N4O3/c1-13-8-17(23-28-13)22-18(26)12-24-4-6-25(7-5-24)19(27)3-2-14-9-15(20)11-16(21)10-14/h2-3,8-11H,4-7,12H2,1H3,(H,22,23,26)/b3-2-. The average Bonchev–Trinajstić information content (AvgIpc) is 3.04. The van der Waals surface area contributed by atoms with Gasteiger partial charge in [0, 0.05) is 48.4 Å². The van der Waals surface area contributed by atoms with Gasteiger partial charge in [-0.05, 0) is 36.8 Å². The topological polar surface area (TPSA) is 78.7 Å². The molecule has 2 amide bonds. The molecule has 148 valence electrons. The van der Waals surface area contributed by atoms with Crippen LogP contribution in [0.25, 0.3) is 6.08 Å². The fraction of sp³-hybridized carbons (Fsp3) is 0.316. The van der Waals surface area contributed by atoms with Gasteiger partial charge in [-0.1, -0.05) is 28.4 Å². The molecule has 0 aliphatic carbocycles. The van der Waals surface area contributed by atoms with E-state index in [-0.39, 0.29) is 18.4 Å². The van der Waals surface area contributed by atoms with Crippen LogP contribution in [-0.4, -0.2) is 59.5 Å². The van der Waals surface area contributed by atoms with Crippen LogP contribution in [0.1, 0.15) is 11.3 Å². The Balaban J connectivity index is 1.45. The van der Waals surface area contributed by atoms with Crippen LogP contribution >= 0.6 is 23.2 Å². The van der Waals surface area contributed by atoms with Gasteiger partial charge in [0.25, 0.3) is 0 Å². The van der Waals surface area contributed by atoms with E-state index in [1.54, 1.807) is 42.2 Å². The van der Waals surface area contributed by atoms with Crippen molar-refractivity contribution >= 4 is 46.9 Å². The maximum atomic E-state index is 12.4. The Labute approximate surface area is 172 Å². The van der Waals surface area contributed by atoms with Gasteiger partial charge >= 0.3 is 0 Å². The lowest BCUT2D eigenvalue weighted by Crippen LogP contribution is -2.50. The Morgan fingerprint density at radius 1 is 1.14 bits per heavy atom. The Morgan fingerprint density at radius 3 is 2.43 bits per heavy atom. The first kappa shape index (κ1) is 20.4. The summed E-state index contributed by atoms with van der Waals surface area (Å²) in [5.41, 5.74) is 0.768. The largest absolute Gasteiger partial charge is 0.360 e. The van der Waals surface area contributed by atoms with E-state index in [0.29, 0.717) is 47.8 Å². The molecule has 1 saturated heterocycles. The van der Waals surface area contributed by atoms with Crippen molar-refractivity contribution in [3.05, 3.63) is 51.7 Å². The van der Waals surface area contributed by atoms with E-state index in [0.717, 1.165) is 5.56 Å². The van der Waals surface area contributed by atoms with Gasteiger partial charge in [0.2, 0.25) is 11.8 Å². The fourth-order valence-electron chi connectivity index (χ4n) is 2.88. The van der Waals surface area contributed by atoms with E-state index in [1.807, 2.05) is 4.90 Å². The molecule has 28 heavy (non-hydrogen) atoms. The Kier molecular flexibility index (Phi) is 6.72. The van der Waals surface area contributed by atoms with Crippen molar-refractivity contribution < 1.29 is 14.1 Å². The minimum absolute atomic E-state index is 0.0849. The summed E-state index contributed by atoms with van der Waals surface area (Å²) in [4.78, 5) is 28.2. The minimum Gasteiger partial charge on any atom is -0.360 e. The number of carbonyl (C=O) groups excluding carboxylic acids is 2. The van der Waals surface area contributed by atoms with E-state index in [2.05, 4.69) is 10.5 Å². The summed E-state index contributed by atoms with van der Waals surface area (Å²) < 4.78 is 4.92. The van der Waals surface area contributed by atoms with Crippen LogP contribution in [0.5, 0.6) is 0 Å². The molecule has 2 heterocycles. The molecule has 3 rings (SSSR count). The van der Waals surface area contributed by atoms with E-state index in [9.17, 15) is 9.59 Å². The first-order valence-electron chi connectivity index (χ1n) is 8.77. The van der Waals surface area contributed by atoms with E-state index >= 15 is 0 Å². The molecule has 9 heteroatoms. The number of rotatable bonds is 5. The highest BCUT2D eigenvalue weighted by Gasteiger charge is 2.21. The number of hydrogen-bond acceptors (Lipinski definition) is 5. The maximum Gasteiger partial charge on any atom is 0.246 e. The summed E-state index contributed by atoms with van der Waals surface area (Å²) in [6.45, 7) is 4.34. The van der Waals surface area contributed by atoms with Gasteiger partial charge in [0.1, 0.15) is 5.76 Å². The quantitative estimate of drug-likeness (QED) is 0.748. The summed E-state index contributed by atoms with van der Waals surface area (Å²) in [7, 11) is 0. The zero-order chi connectivity index (χ0) is 20.1. The van der Waals surface area contributed by atoms with E-state index in [1.165, 1.54) is 6.08 Å². The number of hydrogen-bond donors (Lipinski definition) is 1. The van der Waals surface area contributed by atoms with Gasteiger partial charge in [-0.15, -0.1) is 0 Å². The molecule has 0 saturated carbocycles. The van der Waals surface area contributed by atoms with Crippen molar-refractivity contribution in [2.45, 2.75) is 6.92 Å². The van der Waals surface area contributed by atoms with Crippen LogP contribution in [0.15, 0.2) is 34.9 Å². The second-order valence-corrected chi connectivity index (χ2v) is 7.38. The van der Waals surface area contributed by atoms with E-state index < -0.39 is 0 Å². The lowest BCUT2D eigenvalue weighted by Gasteiger charge is -2.33. The smallest absolute Gasteiger partial charge is 0.246 e. The zero-order valence-corrected chi connectivity index (χ0v) is 16.8. The first-order chi connectivity index (χ1) is 13.4. The van der Waals surface area contributed by atoms with Gasteiger partial charge < -0.3 is 14.7 Å². The lowest BCUT2D eigenvalue weighted by atomic mass is 10.2. The second-order valence-electron chi connectivity index (χ2n) is 6.51. The Morgan fingerprint density at radius 2 is 1.82 bits per heavy atom. The van der Waals surface area contributed by atoms with Crippen LogP contribution in [0.4, 0.5) is 5.82 Å². The summed E-state index contributed by atoms with van der Waals surface area (Å²) in [5, 5.41) is 7.47. The number of halogens is 2. The van der Waals surface area contributed by atoms with Crippen LogP contribution in [0.2, 0.25) is 10.0 Å². The summed E-state index contributed by atoms with van der Waals surface area (Å²) >= 11 is 11.9. The van der Waals surface area contributed by atoms with Gasteiger partial charge in [-0.2, -0.15) is 0 Å². The predicted octanol–water partition coefficient (Wildman–Crippen LogP) is 3.09. The molecule has 0 unspecified atom stereocenters. The second kappa shape index (κ2) is 9.23. The molecule has 1 aliphatic heterocycles. The molecule has 1 N–H and O–H groups in total. The maximum absolute atomic E-state index is 12.4. The Bertz CT molecular complexity index is 869. The molecule has 1 aliphatic rings. The molecular formula is C19H20Cl2N4O3. The number of aromatic nitrogens is 1. The Hall–Kier alpha value is -2.35. The number of aryl methyl sites for hydroxylation is 1. The third-order valence-electron chi connectivity index (χ3n) is 4.25. The minimum atomic E-state index is -0.161. The van der Waals surface area contributed by atoms with Crippen LogP contribution in [0.3, 0.4) is 0 Å². The molecule has 0 bridgehead atoms. The summed E-state index contributed by atoms with van der Waals surface area (Å²) in [6.07, 6.45) is 3.21. The first-order valence-corrected chi connectivity index (χ1v) is 9.53. The van der Waals surface area contributed by atoms with Crippen LogP contribution < -0.4 is 5.32 Å². The number of anilines is 1. The molecule has 0 atom stereocenters. The van der Waals surface area contributed by atoms with Crippen molar-refractivity contribution in [3.63, 3.8) is 0 Å². The number of nitrogens with one attached hydrogen (secondary N) is 1. The molecule has 1 aromatic heterocycles. The highest BCUT2D eigenvalue weighted by Crippen LogP contribution is 2.20. The van der Waals surface area contributed by atoms with Gasteiger partial charge in [-0.3, -0.25) is 14.5 Å². The number of amides is 2. The number of nitrogens with zero attached hydrogens (tertiary/aromatic N) is 3. The average molecular weight is 423 g/mol. The van der Waals surface area contributed by atoms with Gasteiger partial charge in [0.05, 0.1) is 6.54 Å². The van der Waals surface area contributed by atoms with Gasteiger partial charge in [-0.25, -0.2) is 0 Å². The predicted molar refractivity (Wildman–Crippen MR) is 108 cm³/mol. The zero-order valence-electron chi connectivity index (χ0n) is 15.3. The third kappa shape index (κ3) is 5.82. The summed E-state index contributed by atoms with van der Waals surface area (Å²) in [6, 6.07) is 6.78. The molecule has 1 aromatic carbocycles. The highest BCUT2D eigenvalue weighted by atomic mass is 35.5. The monoisotopic (exact) mass is 422 g/mol. The normalized spacial score (nSPS) is 15.2. The van der Waals surface area contributed by atoms with Gasteiger partial charge in [0.15, 0.2) is 5.82 Å². The van der Waals surface area contributed by atoms with Crippen molar-refractivity contribution in [2.75, 3.05) is 38.0 Å². The summed E-state index contributed by atoms with van der Waals surface area (Å²) in [5.74, 6) is 0.794. The third-order valence-corrected chi connectivity index (χ3v) is 4.69. The highest BCUT2D eigenvalue weighted by molar-refractivity contribution is 6.34. The van der Waals surface area contributed by atoms with Crippen molar-refractivity contribution in [1.29, 1.82) is 0 Å². The SMILES string of the molecule is Cc1cc(NC(=O)CN2CCN(C(=O)/C=C\c3cc(Cl)cc(Cl)c3)CC2)no1. The number of piperazine rings is 1. The molecule has 2 aromatic rings. The molecule has 7 nitrogen and oxygen atoms in total. The molecule has 0 spiro atoms. The fourth-order valence-corrected chi connectivity index (χ4v) is 3.42. The van der Waals surface area contributed by atoms with E-state index in [4.69, 9.17) is 27.7 Å². The molecular weight excluding hydrogens is 403 g/mol. The molecule has 1 fully saturated rings. The van der Waals surface area contributed by atoms with Crippen molar-refractivity contribution in [1.82, 2.24) is 15.0 Å². The number of benzene rings is 1. The van der Waals surface area contributed by atoms with Crippen LogP contribution in [-0.2, 0) is 9.59 Å². The lowest BCUT2D eigenvalue weighted by molar-refractivity contribution is -0.127. The number of carbonyl (C=O) groups is 2. The molecule has 0 radical (unpaired) electrons. The van der Waals surface area contributed by atoms with Crippen molar-refractivity contribution in [3.8, 4) is 0 Å². The van der Waals surface area contributed by atoms with Crippen LogP contribution in [0, 0.1) is 6.92 Å².